The summed E-state index contributed by atoms with van der Waals surface area (Å²) in [5.41, 5.74) is 7.67. The van der Waals surface area contributed by atoms with Crippen molar-refractivity contribution in [3.8, 4) is 0 Å². The molecule has 0 atom stereocenters. The average Bonchev–Trinajstić information content (AvgIpc) is 2.86. The molecule has 3 rings (SSSR count). The molecule has 1 aromatic carbocycles. The second-order valence-electron chi connectivity index (χ2n) is 5.89. The summed E-state index contributed by atoms with van der Waals surface area (Å²) < 4.78 is 1.85. The van der Waals surface area contributed by atoms with E-state index in [-0.39, 0.29) is 5.41 Å². The van der Waals surface area contributed by atoms with Crippen LogP contribution in [0.2, 0.25) is 0 Å². The van der Waals surface area contributed by atoms with Crippen molar-refractivity contribution < 1.29 is 0 Å². The number of nitrogens with zero attached hydrogens (tertiary/aromatic N) is 4. The second kappa shape index (κ2) is 4.56. The summed E-state index contributed by atoms with van der Waals surface area (Å²) in [6.45, 7) is 6.33. The van der Waals surface area contributed by atoms with Crippen LogP contribution in [0.1, 0.15) is 37.2 Å². The Morgan fingerprint density at radius 3 is 2.75 bits per heavy atom. The predicted octanol–water partition coefficient (Wildman–Crippen LogP) is 2.66. The Bertz CT molecular complexity index is 750. The Balaban J connectivity index is 1.96. The standard InChI is InChI=1S/C14H17N5S/c1-14(2,3)12-16-17-13-19(12)18-11(20-13)8-9-5-4-6-10(15)7-9/h4-7H,8,15H2,1-3H3. The van der Waals surface area contributed by atoms with Crippen LogP contribution in [0.25, 0.3) is 4.96 Å². The minimum atomic E-state index is -0.0675. The molecule has 20 heavy (non-hydrogen) atoms. The third-order valence-corrected chi connectivity index (χ3v) is 3.91. The van der Waals surface area contributed by atoms with E-state index >= 15 is 0 Å². The van der Waals surface area contributed by atoms with E-state index in [4.69, 9.17) is 5.73 Å². The Hall–Kier alpha value is -1.95. The maximum atomic E-state index is 5.80. The highest BCUT2D eigenvalue weighted by Gasteiger charge is 2.23. The first-order valence-corrected chi connectivity index (χ1v) is 7.31. The van der Waals surface area contributed by atoms with Gasteiger partial charge in [-0.15, -0.1) is 10.2 Å². The Morgan fingerprint density at radius 2 is 2.05 bits per heavy atom. The quantitative estimate of drug-likeness (QED) is 0.736. The van der Waals surface area contributed by atoms with Crippen LogP contribution in [0.3, 0.4) is 0 Å². The number of aromatic nitrogens is 4. The van der Waals surface area contributed by atoms with Gasteiger partial charge in [-0.25, -0.2) is 0 Å². The first kappa shape index (κ1) is 13.1. The summed E-state index contributed by atoms with van der Waals surface area (Å²) >= 11 is 1.57. The van der Waals surface area contributed by atoms with Crippen LogP contribution in [0.15, 0.2) is 24.3 Å². The molecule has 0 amide bonds. The van der Waals surface area contributed by atoms with E-state index in [0.717, 1.165) is 33.5 Å². The third-order valence-electron chi connectivity index (χ3n) is 3.01. The first-order chi connectivity index (χ1) is 9.43. The fraction of sp³-hybridized carbons (Fsp3) is 0.357. The number of fused-ring (bicyclic) bond motifs is 1. The molecule has 5 nitrogen and oxygen atoms in total. The van der Waals surface area contributed by atoms with E-state index in [1.54, 1.807) is 11.3 Å². The lowest BCUT2D eigenvalue weighted by Gasteiger charge is -2.13. The van der Waals surface area contributed by atoms with E-state index < -0.39 is 0 Å². The molecule has 0 radical (unpaired) electrons. The number of nitrogens with two attached hydrogens (primary N) is 1. The van der Waals surface area contributed by atoms with Crippen molar-refractivity contribution in [1.29, 1.82) is 0 Å². The Morgan fingerprint density at radius 1 is 1.25 bits per heavy atom. The summed E-state index contributed by atoms with van der Waals surface area (Å²) in [5, 5.41) is 14.1. The SMILES string of the molecule is CC(C)(C)c1nnc2sc(Cc3cccc(N)c3)nn12. The molecular weight excluding hydrogens is 270 g/mol. The molecule has 0 fully saturated rings. The van der Waals surface area contributed by atoms with Gasteiger partial charge in [-0.2, -0.15) is 9.61 Å². The molecule has 104 valence electrons. The van der Waals surface area contributed by atoms with Gasteiger partial charge in [0.15, 0.2) is 5.82 Å². The van der Waals surface area contributed by atoms with Gasteiger partial charge >= 0.3 is 0 Å². The van der Waals surface area contributed by atoms with Crippen molar-refractivity contribution in [3.05, 3.63) is 40.7 Å². The van der Waals surface area contributed by atoms with Gasteiger partial charge < -0.3 is 5.73 Å². The van der Waals surface area contributed by atoms with Gasteiger partial charge in [0, 0.05) is 17.5 Å². The first-order valence-electron chi connectivity index (χ1n) is 6.49. The van der Waals surface area contributed by atoms with Crippen molar-refractivity contribution >= 4 is 22.0 Å². The summed E-state index contributed by atoms with van der Waals surface area (Å²) in [5.74, 6) is 0.891. The summed E-state index contributed by atoms with van der Waals surface area (Å²) in [6.07, 6.45) is 0.767. The molecule has 0 aliphatic heterocycles. The highest BCUT2D eigenvalue weighted by Crippen LogP contribution is 2.24. The van der Waals surface area contributed by atoms with Crippen LogP contribution in [0.5, 0.6) is 0 Å². The van der Waals surface area contributed by atoms with Gasteiger partial charge in [-0.05, 0) is 17.7 Å². The van der Waals surface area contributed by atoms with Gasteiger partial charge in [-0.1, -0.05) is 44.2 Å². The number of nitrogen functional groups attached to an aromatic ring is 1. The fourth-order valence-corrected chi connectivity index (χ4v) is 2.94. The number of hydrogen-bond acceptors (Lipinski definition) is 5. The molecular formula is C14H17N5S. The van der Waals surface area contributed by atoms with Crippen molar-refractivity contribution in [2.24, 2.45) is 0 Å². The van der Waals surface area contributed by atoms with Gasteiger partial charge in [0.1, 0.15) is 5.01 Å². The Labute approximate surface area is 121 Å². The van der Waals surface area contributed by atoms with Crippen LogP contribution >= 0.6 is 11.3 Å². The molecule has 0 aliphatic carbocycles. The minimum Gasteiger partial charge on any atom is -0.399 e. The molecule has 3 aromatic rings. The van der Waals surface area contributed by atoms with Crippen molar-refractivity contribution in [2.45, 2.75) is 32.6 Å². The van der Waals surface area contributed by atoms with Gasteiger partial charge in [0.2, 0.25) is 4.96 Å². The van der Waals surface area contributed by atoms with Crippen LogP contribution in [0.4, 0.5) is 5.69 Å². The van der Waals surface area contributed by atoms with E-state index in [1.165, 1.54) is 0 Å². The Kier molecular flexibility index (Phi) is 2.97. The molecule has 0 spiro atoms. The maximum Gasteiger partial charge on any atom is 0.234 e. The molecule has 6 heteroatoms. The molecule has 0 saturated carbocycles. The number of hydrogen-bond donors (Lipinski definition) is 1. The normalized spacial score (nSPS) is 12.2. The molecule has 0 aliphatic rings. The second-order valence-corrected chi connectivity index (χ2v) is 6.93. The zero-order valence-corrected chi connectivity index (χ0v) is 12.6. The monoisotopic (exact) mass is 287 g/mol. The van der Waals surface area contributed by atoms with Crippen molar-refractivity contribution in [1.82, 2.24) is 19.8 Å². The van der Waals surface area contributed by atoms with E-state index in [0.29, 0.717) is 0 Å². The molecule has 2 heterocycles. The highest BCUT2D eigenvalue weighted by molar-refractivity contribution is 7.16. The summed E-state index contributed by atoms with van der Waals surface area (Å²) in [4.78, 5) is 0.842. The number of rotatable bonds is 2. The van der Waals surface area contributed by atoms with Crippen LogP contribution in [-0.2, 0) is 11.8 Å². The van der Waals surface area contributed by atoms with Crippen LogP contribution in [-0.4, -0.2) is 19.8 Å². The van der Waals surface area contributed by atoms with Crippen LogP contribution in [0, 0.1) is 0 Å². The topological polar surface area (TPSA) is 69.1 Å². The van der Waals surface area contributed by atoms with Crippen molar-refractivity contribution in [3.63, 3.8) is 0 Å². The van der Waals surface area contributed by atoms with Gasteiger partial charge in [-0.3, -0.25) is 0 Å². The van der Waals surface area contributed by atoms with Crippen LogP contribution < -0.4 is 5.73 Å². The predicted molar refractivity (Wildman–Crippen MR) is 81.0 cm³/mol. The average molecular weight is 287 g/mol. The van der Waals surface area contributed by atoms with E-state index in [1.807, 2.05) is 22.7 Å². The van der Waals surface area contributed by atoms with Gasteiger partial charge in [0.25, 0.3) is 0 Å². The molecule has 0 unspecified atom stereocenters. The van der Waals surface area contributed by atoms with Gasteiger partial charge in [0.05, 0.1) is 0 Å². The summed E-state index contributed by atoms with van der Waals surface area (Å²) in [7, 11) is 0. The number of anilines is 1. The molecule has 0 bridgehead atoms. The lowest BCUT2D eigenvalue weighted by Crippen LogP contribution is -2.16. The van der Waals surface area contributed by atoms with E-state index in [9.17, 15) is 0 Å². The zero-order chi connectivity index (χ0) is 14.3. The fourth-order valence-electron chi connectivity index (χ4n) is 2.07. The molecule has 0 saturated heterocycles. The lowest BCUT2D eigenvalue weighted by molar-refractivity contribution is 0.527. The van der Waals surface area contributed by atoms with E-state index in [2.05, 4.69) is 42.1 Å². The minimum absolute atomic E-state index is 0.0675. The lowest BCUT2D eigenvalue weighted by atomic mass is 9.96. The maximum absolute atomic E-state index is 5.80. The molecule has 2 aromatic heterocycles. The highest BCUT2D eigenvalue weighted by atomic mass is 32.1. The van der Waals surface area contributed by atoms with Crippen molar-refractivity contribution in [2.75, 3.05) is 5.73 Å². The summed E-state index contributed by atoms with van der Waals surface area (Å²) in [6, 6.07) is 7.89. The zero-order valence-electron chi connectivity index (χ0n) is 11.8. The smallest absolute Gasteiger partial charge is 0.234 e. The largest absolute Gasteiger partial charge is 0.399 e. The molecule has 2 N–H and O–H groups in total. The third kappa shape index (κ3) is 2.38. The number of benzene rings is 1.